The summed E-state index contributed by atoms with van der Waals surface area (Å²) in [5.41, 5.74) is 1.31. The Morgan fingerprint density at radius 2 is 2.00 bits per heavy atom. The number of pyridine rings is 1. The highest BCUT2D eigenvalue weighted by molar-refractivity contribution is 5.10. The first-order valence-electron chi connectivity index (χ1n) is 6.31. The minimum Gasteiger partial charge on any atom is -0.261 e. The molecule has 1 aromatic rings. The third-order valence-electron chi connectivity index (χ3n) is 3.65. The molecule has 1 heteroatoms. The Bertz CT molecular complexity index is 273. The lowest BCUT2D eigenvalue weighted by Gasteiger charge is -2.27. The maximum atomic E-state index is 4.47. The van der Waals surface area contributed by atoms with Gasteiger partial charge in [-0.15, -0.1) is 0 Å². The van der Waals surface area contributed by atoms with Gasteiger partial charge < -0.3 is 0 Å². The summed E-state index contributed by atoms with van der Waals surface area (Å²) >= 11 is 0. The summed E-state index contributed by atoms with van der Waals surface area (Å²) in [7, 11) is 0. The Morgan fingerprint density at radius 3 is 2.60 bits per heavy atom. The van der Waals surface area contributed by atoms with Crippen LogP contribution in [-0.4, -0.2) is 4.98 Å². The third kappa shape index (κ3) is 2.80. The molecule has 0 unspecified atom stereocenters. The zero-order valence-corrected chi connectivity index (χ0v) is 9.65. The second-order valence-corrected chi connectivity index (χ2v) is 4.76. The SMILES string of the molecule is CCCC1CCC(c2ccccn2)CC1. The van der Waals surface area contributed by atoms with Gasteiger partial charge in [-0.2, -0.15) is 0 Å². The highest BCUT2D eigenvalue weighted by Crippen LogP contribution is 2.36. The molecule has 1 saturated carbocycles. The minimum absolute atomic E-state index is 0.735. The number of hydrogen-bond acceptors (Lipinski definition) is 1. The minimum atomic E-state index is 0.735. The van der Waals surface area contributed by atoms with E-state index in [-0.39, 0.29) is 0 Å². The highest BCUT2D eigenvalue weighted by Gasteiger charge is 2.22. The van der Waals surface area contributed by atoms with Gasteiger partial charge in [-0.1, -0.05) is 25.8 Å². The molecule has 15 heavy (non-hydrogen) atoms. The summed E-state index contributed by atoms with van der Waals surface area (Å²) < 4.78 is 0. The van der Waals surface area contributed by atoms with Crippen molar-refractivity contribution in [3.63, 3.8) is 0 Å². The van der Waals surface area contributed by atoms with Crippen molar-refractivity contribution in [1.82, 2.24) is 4.98 Å². The first-order valence-corrected chi connectivity index (χ1v) is 6.31. The van der Waals surface area contributed by atoms with Gasteiger partial charge in [-0.3, -0.25) is 4.98 Å². The van der Waals surface area contributed by atoms with Crippen molar-refractivity contribution < 1.29 is 0 Å². The van der Waals surface area contributed by atoms with Gasteiger partial charge in [-0.25, -0.2) is 0 Å². The van der Waals surface area contributed by atoms with Crippen molar-refractivity contribution in [1.29, 1.82) is 0 Å². The van der Waals surface area contributed by atoms with Crippen LogP contribution >= 0.6 is 0 Å². The van der Waals surface area contributed by atoms with Gasteiger partial charge in [-0.05, 0) is 43.7 Å². The van der Waals surface area contributed by atoms with E-state index in [4.69, 9.17) is 0 Å². The average Bonchev–Trinajstić information content (AvgIpc) is 2.32. The molecule has 1 heterocycles. The van der Waals surface area contributed by atoms with Crippen LogP contribution in [0.5, 0.6) is 0 Å². The Kier molecular flexibility index (Phi) is 3.76. The third-order valence-corrected chi connectivity index (χ3v) is 3.65. The topological polar surface area (TPSA) is 12.9 Å². The fourth-order valence-electron chi connectivity index (χ4n) is 2.77. The summed E-state index contributed by atoms with van der Waals surface area (Å²) in [6, 6.07) is 6.30. The van der Waals surface area contributed by atoms with Crippen molar-refractivity contribution in [3.8, 4) is 0 Å². The average molecular weight is 203 g/mol. The smallest absolute Gasteiger partial charge is 0.0434 e. The standard InChI is InChI=1S/C14H21N/c1-2-5-12-7-9-13(10-8-12)14-6-3-4-11-15-14/h3-4,6,11-13H,2,5,7-10H2,1H3. The second kappa shape index (κ2) is 5.29. The molecular formula is C14H21N. The van der Waals surface area contributed by atoms with Gasteiger partial charge in [0.05, 0.1) is 0 Å². The van der Waals surface area contributed by atoms with E-state index < -0.39 is 0 Å². The van der Waals surface area contributed by atoms with Gasteiger partial charge >= 0.3 is 0 Å². The fourth-order valence-corrected chi connectivity index (χ4v) is 2.77. The van der Waals surface area contributed by atoms with Crippen LogP contribution in [0.1, 0.15) is 57.1 Å². The van der Waals surface area contributed by atoms with Gasteiger partial charge in [0.1, 0.15) is 0 Å². The first-order chi connectivity index (χ1) is 7.40. The van der Waals surface area contributed by atoms with Crippen molar-refractivity contribution in [2.24, 2.45) is 5.92 Å². The summed E-state index contributed by atoms with van der Waals surface area (Å²) in [6.45, 7) is 2.30. The van der Waals surface area contributed by atoms with Crippen LogP contribution in [0.15, 0.2) is 24.4 Å². The van der Waals surface area contributed by atoms with Crippen LogP contribution in [0, 0.1) is 5.92 Å². The molecule has 82 valence electrons. The molecule has 0 aliphatic heterocycles. The van der Waals surface area contributed by atoms with Crippen LogP contribution in [0.25, 0.3) is 0 Å². The van der Waals surface area contributed by atoms with Gasteiger partial charge in [0.15, 0.2) is 0 Å². The zero-order chi connectivity index (χ0) is 10.5. The lowest BCUT2D eigenvalue weighted by Crippen LogP contribution is -2.13. The molecule has 2 rings (SSSR count). The fraction of sp³-hybridized carbons (Fsp3) is 0.643. The molecule has 0 bridgehead atoms. The molecule has 0 spiro atoms. The monoisotopic (exact) mass is 203 g/mol. The highest BCUT2D eigenvalue weighted by atomic mass is 14.7. The zero-order valence-electron chi connectivity index (χ0n) is 9.65. The van der Waals surface area contributed by atoms with E-state index in [1.807, 2.05) is 12.3 Å². The van der Waals surface area contributed by atoms with Crippen LogP contribution in [0.3, 0.4) is 0 Å². The maximum Gasteiger partial charge on any atom is 0.0434 e. The quantitative estimate of drug-likeness (QED) is 0.719. The molecule has 0 atom stereocenters. The molecule has 1 aliphatic rings. The predicted molar refractivity (Wildman–Crippen MR) is 63.8 cm³/mol. The van der Waals surface area contributed by atoms with Crippen LogP contribution in [0.2, 0.25) is 0 Å². The summed E-state index contributed by atoms with van der Waals surface area (Å²) in [4.78, 5) is 4.47. The van der Waals surface area contributed by atoms with Crippen molar-refractivity contribution >= 4 is 0 Å². The van der Waals surface area contributed by atoms with E-state index in [1.165, 1.54) is 44.2 Å². The largest absolute Gasteiger partial charge is 0.261 e. The number of aromatic nitrogens is 1. The van der Waals surface area contributed by atoms with Gasteiger partial charge in [0.2, 0.25) is 0 Å². The number of rotatable bonds is 3. The lowest BCUT2D eigenvalue weighted by atomic mass is 9.79. The number of nitrogens with zero attached hydrogens (tertiary/aromatic N) is 1. The van der Waals surface area contributed by atoms with E-state index in [0.29, 0.717) is 0 Å². The lowest BCUT2D eigenvalue weighted by molar-refractivity contribution is 0.305. The molecule has 0 amide bonds. The van der Waals surface area contributed by atoms with E-state index in [9.17, 15) is 0 Å². The van der Waals surface area contributed by atoms with Gasteiger partial charge in [0.25, 0.3) is 0 Å². The Hall–Kier alpha value is -0.850. The summed E-state index contributed by atoms with van der Waals surface area (Å²) in [5, 5.41) is 0. The van der Waals surface area contributed by atoms with Crippen molar-refractivity contribution in [2.75, 3.05) is 0 Å². The first kappa shape index (κ1) is 10.7. The summed E-state index contributed by atoms with van der Waals surface area (Å²) in [5.74, 6) is 1.73. The number of hydrogen-bond donors (Lipinski definition) is 0. The van der Waals surface area contributed by atoms with E-state index in [0.717, 1.165) is 11.8 Å². The molecule has 0 saturated heterocycles. The van der Waals surface area contributed by atoms with Crippen LogP contribution in [0.4, 0.5) is 0 Å². The van der Waals surface area contributed by atoms with Gasteiger partial charge in [0, 0.05) is 17.8 Å². The van der Waals surface area contributed by atoms with Crippen LogP contribution < -0.4 is 0 Å². The molecule has 0 aromatic carbocycles. The predicted octanol–water partition coefficient (Wildman–Crippen LogP) is 4.16. The van der Waals surface area contributed by atoms with Crippen LogP contribution in [-0.2, 0) is 0 Å². The van der Waals surface area contributed by atoms with E-state index in [2.05, 4.69) is 24.0 Å². The maximum absolute atomic E-state index is 4.47. The van der Waals surface area contributed by atoms with E-state index in [1.54, 1.807) is 0 Å². The second-order valence-electron chi connectivity index (χ2n) is 4.76. The molecule has 1 aromatic heterocycles. The molecule has 0 N–H and O–H groups in total. The molecule has 0 radical (unpaired) electrons. The molecule has 1 nitrogen and oxygen atoms in total. The Balaban J connectivity index is 1.88. The van der Waals surface area contributed by atoms with Crippen molar-refractivity contribution in [2.45, 2.75) is 51.4 Å². The van der Waals surface area contributed by atoms with Crippen molar-refractivity contribution in [3.05, 3.63) is 30.1 Å². The Labute approximate surface area is 92.9 Å². The Morgan fingerprint density at radius 1 is 1.20 bits per heavy atom. The normalized spacial score (nSPS) is 26.5. The molecule has 1 aliphatic carbocycles. The summed E-state index contributed by atoms with van der Waals surface area (Å²) in [6.07, 6.45) is 10.2. The van der Waals surface area contributed by atoms with E-state index >= 15 is 0 Å². The molecular weight excluding hydrogens is 182 g/mol. The molecule has 1 fully saturated rings.